The number of hydrogen-bond acceptors (Lipinski definition) is 3. The van der Waals surface area contributed by atoms with E-state index in [2.05, 4.69) is 15.5 Å². The van der Waals surface area contributed by atoms with Crippen LogP contribution < -0.4 is 10.6 Å². The first-order valence-electron chi connectivity index (χ1n) is 9.55. The van der Waals surface area contributed by atoms with Gasteiger partial charge >= 0.3 is 0 Å². The average Bonchev–Trinajstić information content (AvgIpc) is 3.15. The molecule has 1 fully saturated rings. The maximum Gasteiger partial charge on any atom is 0.255 e. The van der Waals surface area contributed by atoms with E-state index in [0.717, 1.165) is 19.6 Å². The Kier molecular flexibility index (Phi) is 6.24. The van der Waals surface area contributed by atoms with Crippen molar-refractivity contribution in [3.63, 3.8) is 0 Å². The standard InChI is InChI=1S/C22H27N3O2/c1-16(2)23-22(27)19-7-3-4-8-20(19)24-21(26)18-11-9-17(10-12-18)15-25-13-5-6-14-25/h3-4,7-12,16H,5-6,13-15H2,1-2H3,(H,23,27)(H,24,26). The van der Waals surface area contributed by atoms with E-state index >= 15 is 0 Å². The third-order valence-corrected chi connectivity index (χ3v) is 4.66. The summed E-state index contributed by atoms with van der Waals surface area (Å²) in [6, 6.07) is 14.8. The molecule has 0 aliphatic carbocycles. The molecule has 1 heterocycles. The van der Waals surface area contributed by atoms with E-state index in [-0.39, 0.29) is 17.9 Å². The van der Waals surface area contributed by atoms with Gasteiger partial charge < -0.3 is 10.6 Å². The summed E-state index contributed by atoms with van der Waals surface area (Å²) in [6.45, 7) is 7.04. The molecule has 5 nitrogen and oxygen atoms in total. The molecule has 2 aromatic carbocycles. The van der Waals surface area contributed by atoms with Gasteiger partial charge in [-0.15, -0.1) is 0 Å². The Bertz CT molecular complexity index is 793. The van der Waals surface area contributed by atoms with Gasteiger partial charge in [0.2, 0.25) is 0 Å². The van der Waals surface area contributed by atoms with E-state index in [9.17, 15) is 9.59 Å². The molecule has 0 bridgehead atoms. The van der Waals surface area contributed by atoms with E-state index in [1.165, 1.54) is 18.4 Å². The van der Waals surface area contributed by atoms with Crippen LogP contribution in [0.15, 0.2) is 48.5 Å². The minimum Gasteiger partial charge on any atom is -0.350 e. The van der Waals surface area contributed by atoms with Crippen molar-refractivity contribution in [2.75, 3.05) is 18.4 Å². The number of benzene rings is 2. The Balaban J connectivity index is 1.67. The third-order valence-electron chi connectivity index (χ3n) is 4.66. The maximum atomic E-state index is 12.6. The van der Waals surface area contributed by atoms with Crippen LogP contribution in [-0.4, -0.2) is 35.8 Å². The highest BCUT2D eigenvalue weighted by Crippen LogP contribution is 2.18. The Morgan fingerprint density at radius 1 is 0.963 bits per heavy atom. The Morgan fingerprint density at radius 2 is 1.63 bits per heavy atom. The number of carbonyl (C=O) groups is 2. The molecule has 0 unspecified atom stereocenters. The topological polar surface area (TPSA) is 61.4 Å². The summed E-state index contributed by atoms with van der Waals surface area (Å²) in [4.78, 5) is 27.4. The molecule has 2 N–H and O–H groups in total. The predicted octanol–water partition coefficient (Wildman–Crippen LogP) is 3.67. The smallest absolute Gasteiger partial charge is 0.255 e. The van der Waals surface area contributed by atoms with Gasteiger partial charge in [-0.1, -0.05) is 24.3 Å². The highest BCUT2D eigenvalue weighted by atomic mass is 16.2. The monoisotopic (exact) mass is 365 g/mol. The number of hydrogen-bond donors (Lipinski definition) is 2. The number of carbonyl (C=O) groups excluding carboxylic acids is 2. The number of para-hydroxylation sites is 1. The summed E-state index contributed by atoms with van der Waals surface area (Å²) in [5, 5.41) is 5.72. The van der Waals surface area contributed by atoms with Crippen molar-refractivity contribution in [2.45, 2.75) is 39.3 Å². The molecule has 0 spiro atoms. The lowest BCUT2D eigenvalue weighted by atomic mass is 10.1. The first kappa shape index (κ1) is 19.1. The van der Waals surface area contributed by atoms with Crippen LogP contribution in [0.25, 0.3) is 0 Å². The summed E-state index contributed by atoms with van der Waals surface area (Å²) < 4.78 is 0. The summed E-state index contributed by atoms with van der Waals surface area (Å²) in [5.41, 5.74) is 2.77. The second kappa shape index (κ2) is 8.82. The van der Waals surface area contributed by atoms with E-state index in [1.54, 1.807) is 24.3 Å². The molecule has 1 aliphatic heterocycles. The van der Waals surface area contributed by atoms with Gasteiger partial charge in [-0.2, -0.15) is 0 Å². The Labute approximate surface area is 160 Å². The van der Waals surface area contributed by atoms with Crippen LogP contribution in [0.1, 0.15) is 53.0 Å². The summed E-state index contributed by atoms with van der Waals surface area (Å²) >= 11 is 0. The van der Waals surface area contributed by atoms with Crippen LogP contribution in [-0.2, 0) is 6.54 Å². The van der Waals surface area contributed by atoms with Crippen molar-refractivity contribution in [3.05, 3.63) is 65.2 Å². The fraction of sp³-hybridized carbons (Fsp3) is 0.364. The van der Waals surface area contributed by atoms with Gasteiger partial charge in [0, 0.05) is 18.2 Å². The molecular formula is C22H27N3O2. The van der Waals surface area contributed by atoms with Crippen molar-refractivity contribution in [2.24, 2.45) is 0 Å². The molecule has 3 rings (SSSR count). The fourth-order valence-corrected chi connectivity index (χ4v) is 3.29. The first-order chi connectivity index (χ1) is 13.0. The van der Waals surface area contributed by atoms with Crippen molar-refractivity contribution in [1.29, 1.82) is 0 Å². The number of nitrogens with one attached hydrogen (secondary N) is 2. The number of anilines is 1. The average molecular weight is 365 g/mol. The Morgan fingerprint density at radius 3 is 2.30 bits per heavy atom. The molecule has 0 atom stereocenters. The second-order valence-electron chi connectivity index (χ2n) is 7.31. The summed E-state index contributed by atoms with van der Waals surface area (Å²) in [7, 11) is 0. The molecular weight excluding hydrogens is 338 g/mol. The van der Waals surface area contributed by atoms with Gasteiger partial charge in [-0.05, 0) is 69.6 Å². The minimum absolute atomic E-state index is 0.0319. The number of rotatable bonds is 6. The van der Waals surface area contributed by atoms with Crippen molar-refractivity contribution in [1.82, 2.24) is 10.2 Å². The molecule has 2 amide bonds. The number of likely N-dealkylation sites (tertiary alicyclic amines) is 1. The SMILES string of the molecule is CC(C)NC(=O)c1ccccc1NC(=O)c1ccc(CN2CCCC2)cc1. The molecule has 1 saturated heterocycles. The van der Waals surface area contributed by atoms with Gasteiger partial charge in [0.1, 0.15) is 0 Å². The van der Waals surface area contributed by atoms with Crippen LogP contribution in [0.5, 0.6) is 0 Å². The lowest BCUT2D eigenvalue weighted by Crippen LogP contribution is -2.31. The number of nitrogens with zero attached hydrogens (tertiary/aromatic N) is 1. The molecule has 0 radical (unpaired) electrons. The third kappa shape index (κ3) is 5.17. The van der Waals surface area contributed by atoms with Crippen molar-refractivity contribution < 1.29 is 9.59 Å². The van der Waals surface area contributed by atoms with Crippen LogP contribution in [0, 0.1) is 0 Å². The van der Waals surface area contributed by atoms with E-state index in [4.69, 9.17) is 0 Å². The number of amides is 2. The van der Waals surface area contributed by atoms with Gasteiger partial charge in [0.05, 0.1) is 11.3 Å². The van der Waals surface area contributed by atoms with Crippen molar-refractivity contribution >= 4 is 17.5 Å². The van der Waals surface area contributed by atoms with Gasteiger partial charge in [0.15, 0.2) is 0 Å². The van der Waals surface area contributed by atoms with Crippen LogP contribution in [0.2, 0.25) is 0 Å². The minimum atomic E-state index is -0.215. The quantitative estimate of drug-likeness (QED) is 0.821. The van der Waals surface area contributed by atoms with Crippen molar-refractivity contribution in [3.8, 4) is 0 Å². The lowest BCUT2D eigenvalue weighted by molar-refractivity contribution is 0.0944. The molecule has 2 aromatic rings. The van der Waals surface area contributed by atoms with Gasteiger partial charge in [0.25, 0.3) is 11.8 Å². The van der Waals surface area contributed by atoms with E-state index in [0.29, 0.717) is 16.8 Å². The molecule has 5 heteroatoms. The zero-order valence-corrected chi connectivity index (χ0v) is 16.0. The van der Waals surface area contributed by atoms with Gasteiger partial charge in [-0.25, -0.2) is 0 Å². The molecule has 27 heavy (non-hydrogen) atoms. The molecule has 0 aromatic heterocycles. The van der Waals surface area contributed by atoms with Crippen LogP contribution in [0.3, 0.4) is 0 Å². The first-order valence-corrected chi connectivity index (χ1v) is 9.55. The van der Waals surface area contributed by atoms with E-state index in [1.807, 2.05) is 38.1 Å². The summed E-state index contributed by atoms with van der Waals surface area (Å²) in [6.07, 6.45) is 2.54. The molecule has 0 saturated carbocycles. The zero-order valence-electron chi connectivity index (χ0n) is 16.0. The second-order valence-corrected chi connectivity index (χ2v) is 7.31. The van der Waals surface area contributed by atoms with Crippen LogP contribution >= 0.6 is 0 Å². The van der Waals surface area contributed by atoms with E-state index < -0.39 is 0 Å². The highest BCUT2D eigenvalue weighted by Gasteiger charge is 2.15. The largest absolute Gasteiger partial charge is 0.350 e. The highest BCUT2D eigenvalue weighted by molar-refractivity contribution is 6.09. The Hall–Kier alpha value is -2.66. The summed E-state index contributed by atoms with van der Waals surface area (Å²) in [5.74, 6) is -0.408. The normalized spacial score (nSPS) is 14.3. The lowest BCUT2D eigenvalue weighted by Gasteiger charge is -2.15. The fourth-order valence-electron chi connectivity index (χ4n) is 3.29. The molecule has 142 valence electrons. The molecule has 1 aliphatic rings. The van der Waals surface area contributed by atoms with Gasteiger partial charge in [-0.3, -0.25) is 14.5 Å². The van der Waals surface area contributed by atoms with Crippen LogP contribution in [0.4, 0.5) is 5.69 Å². The predicted molar refractivity (Wildman–Crippen MR) is 108 cm³/mol. The zero-order chi connectivity index (χ0) is 19.2. The maximum absolute atomic E-state index is 12.6.